The van der Waals surface area contributed by atoms with Gasteiger partial charge in [0.1, 0.15) is 17.0 Å². The number of thiophene rings is 1. The molecule has 3 heterocycles. The zero-order valence-electron chi connectivity index (χ0n) is 18.1. The number of benzene rings is 2. The molecule has 8 heteroatoms. The number of rotatable bonds is 6. The molecule has 2 aromatic carbocycles. The lowest BCUT2D eigenvalue weighted by molar-refractivity contribution is 0.0736. The van der Waals surface area contributed by atoms with Gasteiger partial charge in [-0.1, -0.05) is 42.5 Å². The smallest absolute Gasteiger partial charge is 0.253 e. The Labute approximate surface area is 196 Å². The first-order chi connectivity index (χ1) is 16.2. The van der Waals surface area contributed by atoms with Gasteiger partial charge in [0, 0.05) is 36.6 Å². The van der Waals surface area contributed by atoms with Gasteiger partial charge in [0.25, 0.3) is 5.91 Å². The molecule has 4 aromatic rings. The van der Waals surface area contributed by atoms with Crippen molar-refractivity contribution in [3.8, 4) is 10.4 Å². The third kappa shape index (κ3) is 4.59. The van der Waals surface area contributed by atoms with Crippen LogP contribution in [0.1, 0.15) is 22.0 Å². The Balaban J connectivity index is 1.39. The van der Waals surface area contributed by atoms with Crippen LogP contribution in [0.3, 0.4) is 0 Å². The highest BCUT2D eigenvalue weighted by Gasteiger charge is 2.19. The standard InChI is InChI=1S/C25H25N5O2S/c31-15-21(17-4-2-1-3-5-17)29-23-20-14-22(33-24(20)28-16-27-23)18-6-8-19(9-7-18)25(32)30-12-10-26-11-13-30/h1-9,14,16,21,26,31H,10-13,15H2,(H,27,28,29)/t21-/m1/s1. The SMILES string of the molecule is O=C(c1ccc(-c2cc3c(N[C@H](CO)c4ccccc4)ncnc3s2)cc1)N1CCNCC1. The highest BCUT2D eigenvalue weighted by molar-refractivity contribution is 7.21. The molecule has 1 saturated heterocycles. The predicted octanol–water partition coefficient (Wildman–Crippen LogP) is 3.55. The zero-order chi connectivity index (χ0) is 22.6. The van der Waals surface area contributed by atoms with Gasteiger partial charge >= 0.3 is 0 Å². The average molecular weight is 460 g/mol. The fraction of sp³-hybridized carbons (Fsp3) is 0.240. The molecule has 0 radical (unpaired) electrons. The first-order valence-electron chi connectivity index (χ1n) is 11.0. The minimum Gasteiger partial charge on any atom is -0.394 e. The molecule has 33 heavy (non-hydrogen) atoms. The summed E-state index contributed by atoms with van der Waals surface area (Å²) in [5.74, 6) is 0.767. The lowest BCUT2D eigenvalue weighted by Crippen LogP contribution is -2.46. The minimum absolute atomic E-state index is 0.0466. The number of hydrogen-bond acceptors (Lipinski definition) is 7. The van der Waals surface area contributed by atoms with Crippen molar-refractivity contribution in [3.63, 3.8) is 0 Å². The third-order valence-corrected chi connectivity index (χ3v) is 6.94. The molecule has 0 spiro atoms. The molecule has 1 aliphatic heterocycles. The fourth-order valence-corrected chi connectivity index (χ4v) is 5.03. The summed E-state index contributed by atoms with van der Waals surface area (Å²) in [6.45, 7) is 3.11. The maximum absolute atomic E-state index is 12.7. The van der Waals surface area contributed by atoms with Crippen LogP contribution < -0.4 is 10.6 Å². The van der Waals surface area contributed by atoms with Crippen molar-refractivity contribution < 1.29 is 9.90 Å². The maximum Gasteiger partial charge on any atom is 0.253 e. The van der Waals surface area contributed by atoms with Crippen LogP contribution in [0.5, 0.6) is 0 Å². The minimum atomic E-state index is -0.261. The van der Waals surface area contributed by atoms with E-state index in [0.717, 1.165) is 52.4 Å². The van der Waals surface area contributed by atoms with Gasteiger partial charge in [-0.05, 0) is 29.3 Å². The monoisotopic (exact) mass is 459 g/mol. The van der Waals surface area contributed by atoms with Crippen molar-refractivity contribution in [1.82, 2.24) is 20.2 Å². The Morgan fingerprint density at radius 2 is 1.85 bits per heavy atom. The molecule has 0 unspecified atom stereocenters. The molecule has 0 saturated carbocycles. The molecule has 168 valence electrons. The van der Waals surface area contributed by atoms with E-state index in [-0.39, 0.29) is 18.6 Å². The van der Waals surface area contributed by atoms with Gasteiger partial charge in [-0.25, -0.2) is 9.97 Å². The van der Waals surface area contributed by atoms with E-state index in [1.165, 1.54) is 0 Å². The summed E-state index contributed by atoms with van der Waals surface area (Å²) < 4.78 is 0. The van der Waals surface area contributed by atoms with Gasteiger partial charge in [-0.2, -0.15) is 0 Å². The van der Waals surface area contributed by atoms with E-state index in [1.54, 1.807) is 17.7 Å². The summed E-state index contributed by atoms with van der Waals surface area (Å²) in [5.41, 5.74) is 2.73. The van der Waals surface area contributed by atoms with Crippen molar-refractivity contribution in [2.75, 3.05) is 38.1 Å². The van der Waals surface area contributed by atoms with Crippen LogP contribution in [0.2, 0.25) is 0 Å². The number of amides is 1. The number of nitrogens with one attached hydrogen (secondary N) is 2. The number of aliphatic hydroxyl groups is 1. The van der Waals surface area contributed by atoms with Gasteiger partial charge < -0.3 is 20.6 Å². The second-order valence-corrected chi connectivity index (χ2v) is 8.99. The summed E-state index contributed by atoms with van der Waals surface area (Å²) in [6, 6.07) is 19.4. The number of nitrogens with zero attached hydrogens (tertiary/aromatic N) is 3. The lowest BCUT2D eigenvalue weighted by Gasteiger charge is -2.27. The molecule has 7 nitrogen and oxygen atoms in total. The molecular formula is C25H25N5O2S. The molecule has 0 bridgehead atoms. The number of aliphatic hydroxyl groups excluding tert-OH is 1. The van der Waals surface area contributed by atoms with Crippen LogP contribution >= 0.6 is 11.3 Å². The highest BCUT2D eigenvalue weighted by Crippen LogP contribution is 2.36. The number of aromatic nitrogens is 2. The first-order valence-corrected chi connectivity index (χ1v) is 11.8. The maximum atomic E-state index is 12.7. The second-order valence-electron chi connectivity index (χ2n) is 7.96. The second kappa shape index (κ2) is 9.66. The van der Waals surface area contributed by atoms with Crippen molar-refractivity contribution in [2.24, 2.45) is 0 Å². The van der Waals surface area contributed by atoms with Gasteiger partial charge in [-0.3, -0.25) is 4.79 Å². The molecule has 1 fully saturated rings. The van der Waals surface area contributed by atoms with E-state index in [9.17, 15) is 9.90 Å². The Hall–Kier alpha value is -3.33. The molecule has 1 atom stereocenters. The van der Waals surface area contributed by atoms with Crippen molar-refractivity contribution in [3.05, 3.63) is 78.1 Å². The van der Waals surface area contributed by atoms with Crippen LogP contribution in [0.25, 0.3) is 20.7 Å². The summed E-state index contributed by atoms with van der Waals surface area (Å²) in [6.07, 6.45) is 1.54. The van der Waals surface area contributed by atoms with Gasteiger partial charge in [0.15, 0.2) is 0 Å². The highest BCUT2D eigenvalue weighted by atomic mass is 32.1. The lowest BCUT2D eigenvalue weighted by atomic mass is 10.1. The fourth-order valence-electron chi connectivity index (χ4n) is 4.03. The molecular weight excluding hydrogens is 434 g/mol. The van der Waals surface area contributed by atoms with Crippen LogP contribution in [0.4, 0.5) is 5.82 Å². The number of anilines is 1. The van der Waals surface area contributed by atoms with E-state index >= 15 is 0 Å². The molecule has 5 rings (SSSR count). The molecule has 0 aliphatic carbocycles. The van der Waals surface area contributed by atoms with E-state index in [4.69, 9.17) is 0 Å². The van der Waals surface area contributed by atoms with Crippen molar-refractivity contribution in [1.29, 1.82) is 0 Å². The zero-order valence-corrected chi connectivity index (χ0v) is 18.9. The number of piperazine rings is 1. The number of carbonyl (C=O) groups is 1. The number of carbonyl (C=O) groups excluding carboxylic acids is 1. The number of hydrogen-bond donors (Lipinski definition) is 3. The first kappa shape index (κ1) is 21.5. The molecule has 3 N–H and O–H groups in total. The normalized spacial score (nSPS) is 14.9. The van der Waals surface area contributed by atoms with E-state index in [2.05, 4.69) is 26.7 Å². The quantitative estimate of drug-likeness (QED) is 0.409. The average Bonchev–Trinajstić information content (AvgIpc) is 3.33. The summed E-state index contributed by atoms with van der Waals surface area (Å²) in [7, 11) is 0. The molecule has 1 amide bonds. The Morgan fingerprint density at radius 1 is 1.09 bits per heavy atom. The van der Waals surface area contributed by atoms with Gasteiger partial charge in [-0.15, -0.1) is 11.3 Å². The van der Waals surface area contributed by atoms with Crippen LogP contribution in [-0.4, -0.2) is 58.7 Å². The van der Waals surface area contributed by atoms with Crippen LogP contribution in [0, 0.1) is 0 Å². The van der Waals surface area contributed by atoms with Crippen LogP contribution in [0.15, 0.2) is 67.0 Å². The van der Waals surface area contributed by atoms with Gasteiger partial charge in [0.2, 0.25) is 0 Å². The summed E-state index contributed by atoms with van der Waals surface area (Å²) in [4.78, 5) is 25.4. The Morgan fingerprint density at radius 3 is 2.58 bits per heavy atom. The summed E-state index contributed by atoms with van der Waals surface area (Å²) in [5, 5.41) is 17.5. The number of fused-ring (bicyclic) bond motifs is 1. The topological polar surface area (TPSA) is 90.4 Å². The van der Waals surface area contributed by atoms with E-state index in [0.29, 0.717) is 11.4 Å². The predicted molar refractivity (Wildman–Crippen MR) is 132 cm³/mol. The third-order valence-electron chi connectivity index (χ3n) is 5.85. The largest absolute Gasteiger partial charge is 0.394 e. The van der Waals surface area contributed by atoms with Crippen molar-refractivity contribution in [2.45, 2.75) is 6.04 Å². The molecule has 2 aromatic heterocycles. The van der Waals surface area contributed by atoms with E-state index in [1.807, 2.05) is 59.5 Å². The Bertz CT molecular complexity index is 1240. The summed E-state index contributed by atoms with van der Waals surface area (Å²) >= 11 is 1.58. The van der Waals surface area contributed by atoms with Crippen molar-refractivity contribution >= 4 is 33.3 Å². The van der Waals surface area contributed by atoms with Gasteiger partial charge in [0.05, 0.1) is 18.0 Å². The van der Waals surface area contributed by atoms with Crippen LogP contribution in [-0.2, 0) is 0 Å². The van der Waals surface area contributed by atoms with E-state index < -0.39 is 0 Å². The molecule has 1 aliphatic rings. The Kier molecular flexibility index (Phi) is 6.30.